The first-order chi connectivity index (χ1) is 18.6. The van der Waals surface area contributed by atoms with E-state index in [4.69, 9.17) is 23.2 Å². The molecule has 0 saturated carbocycles. The second kappa shape index (κ2) is 12.6. The standard InChI is InChI=1S/C30H51BFNO7Si/c1-18(2)41(19(3)4,20(5)6)38-22-15-21(16-24(26(34)36-14)33-27(35)37-28(7,8)9)25(32)23(17-22)31-39-29(10,11)30(12,13)40-31/h15,17-20,24H,16H2,1-14H3,(H,33,35)/t24-/m0/s1. The molecule has 0 bridgehead atoms. The second-order valence-corrected chi connectivity index (χ2v) is 19.3. The molecule has 232 valence electrons. The first kappa shape index (κ1) is 35.1. The first-order valence-corrected chi connectivity index (χ1v) is 16.7. The lowest BCUT2D eigenvalue weighted by Crippen LogP contribution is -2.51. The zero-order valence-corrected chi connectivity index (χ0v) is 28.5. The number of alkyl carbamates (subject to hydrolysis) is 1. The molecule has 1 aromatic rings. The SMILES string of the molecule is COC(=O)[C@H](Cc1cc(O[Si](C(C)C)(C(C)C)C(C)C)cc(B2OC(C)(C)C(C)(C)O2)c1F)NC(=O)OC(C)(C)C. The largest absolute Gasteiger partial charge is 0.543 e. The highest BCUT2D eigenvalue weighted by atomic mass is 28.4. The molecule has 0 unspecified atom stereocenters. The predicted molar refractivity (Wildman–Crippen MR) is 163 cm³/mol. The summed E-state index contributed by atoms with van der Waals surface area (Å²) in [5.41, 5.74) is -1.02. The molecule has 2 rings (SSSR count). The van der Waals surface area contributed by atoms with Gasteiger partial charge in [-0.2, -0.15) is 0 Å². The maximum atomic E-state index is 16.4. The van der Waals surface area contributed by atoms with Crippen LogP contribution in [0.2, 0.25) is 16.6 Å². The molecule has 8 nitrogen and oxygen atoms in total. The fourth-order valence-electron chi connectivity index (χ4n) is 5.59. The molecule has 41 heavy (non-hydrogen) atoms. The average Bonchev–Trinajstić information content (AvgIpc) is 3.02. The predicted octanol–water partition coefficient (Wildman–Crippen LogP) is 6.29. The molecule has 0 aromatic heterocycles. The topological polar surface area (TPSA) is 92.3 Å². The van der Waals surface area contributed by atoms with Crippen molar-refractivity contribution in [2.45, 2.75) is 136 Å². The molecule has 1 aliphatic heterocycles. The molecule has 1 heterocycles. The fraction of sp³-hybridized carbons (Fsp3) is 0.733. The van der Waals surface area contributed by atoms with Crippen LogP contribution in [0.25, 0.3) is 0 Å². The Labute approximate surface area is 247 Å². The molecule has 1 aliphatic rings. The number of nitrogens with one attached hydrogen (secondary N) is 1. The average molecular weight is 596 g/mol. The highest BCUT2D eigenvalue weighted by Crippen LogP contribution is 2.43. The third kappa shape index (κ3) is 7.84. The summed E-state index contributed by atoms with van der Waals surface area (Å²) in [4.78, 5) is 25.3. The number of halogens is 1. The van der Waals surface area contributed by atoms with Crippen molar-refractivity contribution in [2.24, 2.45) is 0 Å². The minimum Gasteiger partial charge on any atom is -0.543 e. The van der Waals surface area contributed by atoms with Crippen LogP contribution in [-0.2, 0) is 30.0 Å². The summed E-state index contributed by atoms with van der Waals surface area (Å²) >= 11 is 0. The van der Waals surface area contributed by atoms with E-state index in [0.717, 1.165) is 0 Å². The molecule has 11 heteroatoms. The summed E-state index contributed by atoms with van der Waals surface area (Å²) in [6.07, 6.45) is -1.00. The molecule has 1 aromatic carbocycles. The number of amides is 1. The molecule has 0 radical (unpaired) electrons. The second-order valence-electron chi connectivity index (χ2n) is 13.9. The Kier molecular flexibility index (Phi) is 10.8. The Morgan fingerprint density at radius 1 is 0.976 bits per heavy atom. The molecule has 1 fully saturated rings. The van der Waals surface area contributed by atoms with E-state index in [9.17, 15) is 9.59 Å². The van der Waals surface area contributed by atoms with E-state index >= 15 is 4.39 Å². The van der Waals surface area contributed by atoms with Crippen molar-refractivity contribution in [1.29, 1.82) is 0 Å². The van der Waals surface area contributed by atoms with Gasteiger partial charge in [-0.1, -0.05) is 41.5 Å². The molecule has 0 spiro atoms. The van der Waals surface area contributed by atoms with Crippen molar-refractivity contribution in [1.82, 2.24) is 5.32 Å². The number of methoxy groups -OCH3 is 1. The maximum Gasteiger partial charge on any atom is 0.498 e. The number of hydrogen-bond donors (Lipinski definition) is 1. The minimum absolute atomic E-state index is 0.165. The van der Waals surface area contributed by atoms with Gasteiger partial charge in [-0.05, 0) is 82.8 Å². The van der Waals surface area contributed by atoms with Gasteiger partial charge < -0.3 is 28.5 Å². The van der Waals surface area contributed by atoms with E-state index in [2.05, 4.69) is 46.9 Å². The normalized spacial score (nSPS) is 17.7. The molecule has 1 atom stereocenters. The van der Waals surface area contributed by atoms with Gasteiger partial charge in [0.25, 0.3) is 8.32 Å². The molecule has 1 saturated heterocycles. The van der Waals surface area contributed by atoms with Gasteiger partial charge in [-0.15, -0.1) is 0 Å². The summed E-state index contributed by atoms with van der Waals surface area (Å²) in [5, 5.41) is 2.54. The summed E-state index contributed by atoms with van der Waals surface area (Å²) < 4.78 is 46.0. The fourth-order valence-corrected chi connectivity index (χ4v) is 10.8. The Morgan fingerprint density at radius 3 is 1.88 bits per heavy atom. The van der Waals surface area contributed by atoms with Gasteiger partial charge in [0.2, 0.25) is 0 Å². The Bertz CT molecular complexity index is 1060. The van der Waals surface area contributed by atoms with Crippen LogP contribution in [0, 0.1) is 5.82 Å². The van der Waals surface area contributed by atoms with E-state index in [0.29, 0.717) is 5.75 Å². The molecule has 1 amide bonds. The first-order valence-electron chi connectivity index (χ1n) is 14.5. The van der Waals surface area contributed by atoms with Gasteiger partial charge in [0, 0.05) is 11.9 Å². The zero-order chi connectivity index (χ0) is 31.7. The maximum absolute atomic E-state index is 16.4. The van der Waals surface area contributed by atoms with E-state index in [1.54, 1.807) is 32.9 Å². The lowest BCUT2D eigenvalue weighted by molar-refractivity contribution is -0.143. The van der Waals surface area contributed by atoms with Crippen LogP contribution in [0.1, 0.15) is 95.6 Å². The third-order valence-electron chi connectivity index (χ3n) is 8.26. The van der Waals surface area contributed by atoms with Gasteiger partial charge in [-0.3, -0.25) is 0 Å². The third-order valence-corrected chi connectivity index (χ3v) is 14.3. The van der Waals surface area contributed by atoms with E-state index < -0.39 is 56.2 Å². The monoisotopic (exact) mass is 595 g/mol. The number of rotatable bonds is 10. The van der Waals surface area contributed by atoms with Gasteiger partial charge in [0.15, 0.2) is 0 Å². The van der Waals surface area contributed by atoms with Crippen molar-refractivity contribution < 1.29 is 37.2 Å². The minimum atomic E-state index is -2.43. The Balaban J connectivity index is 2.67. The van der Waals surface area contributed by atoms with Crippen molar-refractivity contribution >= 4 is 33.0 Å². The smallest absolute Gasteiger partial charge is 0.498 e. The Hall–Kier alpha value is -2.11. The molecular formula is C30H51BFNO7Si. The number of carbonyl (C=O) groups excluding carboxylic acids is 2. The van der Waals surface area contributed by atoms with E-state index in [-0.39, 0.29) is 34.1 Å². The number of esters is 1. The number of hydrogen-bond acceptors (Lipinski definition) is 7. The van der Waals surface area contributed by atoms with Crippen molar-refractivity contribution in [3.8, 4) is 5.75 Å². The van der Waals surface area contributed by atoms with Crippen LogP contribution in [0.15, 0.2) is 12.1 Å². The van der Waals surface area contributed by atoms with Crippen LogP contribution in [0.3, 0.4) is 0 Å². The molecule has 0 aliphatic carbocycles. The molecular weight excluding hydrogens is 544 g/mol. The van der Waals surface area contributed by atoms with E-state index in [1.807, 2.05) is 27.7 Å². The highest BCUT2D eigenvalue weighted by Gasteiger charge is 2.53. The lowest BCUT2D eigenvalue weighted by Gasteiger charge is -2.42. The quantitative estimate of drug-likeness (QED) is 0.251. The Morgan fingerprint density at radius 2 is 1.46 bits per heavy atom. The van der Waals surface area contributed by atoms with Gasteiger partial charge in [-0.25, -0.2) is 14.0 Å². The summed E-state index contributed by atoms with van der Waals surface area (Å²) in [5.74, 6) is -0.842. The summed E-state index contributed by atoms with van der Waals surface area (Å²) in [6.45, 7) is 25.8. The summed E-state index contributed by atoms with van der Waals surface area (Å²) in [6, 6.07) is 2.07. The van der Waals surface area contributed by atoms with Crippen LogP contribution in [0.5, 0.6) is 5.75 Å². The number of ether oxygens (including phenoxy) is 2. The lowest BCUT2D eigenvalue weighted by atomic mass is 9.77. The van der Waals surface area contributed by atoms with Crippen molar-refractivity contribution in [3.05, 3.63) is 23.5 Å². The van der Waals surface area contributed by atoms with Gasteiger partial charge in [0.05, 0.1) is 18.3 Å². The summed E-state index contributed by atoms with van der Waals surface area (Å²) in [7, 11) is -2.22. The number of carbonyl (C=O) groups is 2. The highest BCUT2D eigenvalue weighted by molar-refractivity contribution is 6.78. The van der Waals surface area contributed by atoms with Gasteiger partial charge in [0.1, 0.15) is 23.2 Å². The van der Waals surface area contributed by atoms with Gasteiger partial charge >= 0.3 is 19.2 Å². The van der Waals surface area contributed by atoms with Crippen LogP contribution in [-0.4, -0.2) is 57.5 Å². The van der Waals surface area contributed by atoms with Crippen molar-refractivity contribution in [3.63, 3.8) is 0 Å². The van der Waals surface area contributed by atoms with Crippen LogP contribution >= 0.6 is 0 Å². The zero-order valence-electron chi connectivity index (χ0n) is 27.5. The van der Waals surface area contributed by atoms with Crippen LogP contribution in [0.4, 0.5) is 9.18 Å². The molecule has 1 N–H and O–H groups in total. The van der Waals surface area contributed by atoms with Crippen molar-refractivity contribution in [2.75, 3.05) is 7.11 Å². The van der Waals surface area contributed by atoms with E-state index in [1.165, 1.54) is 7.11 Å². The van der Waals surface area contributed by atoms with Crippen LogP contribution < -0.4 is 15.2 Å². The number of benzene rings is 1.